The molecule has 1 aromatic carbocycles. The summed E-state index contributed by atoms with van der Waals surface area (Å²) in [5.41, 5.74) is -0.226. The second-order valence-corrected chi connectivity index (χ2v) is 3.93. The highest BCUT2D eigenvalue weighted by atomic mass is 19.4. The Balaban J connectivity index is 3.04. The first kappa shape index (κ1) is 13.5. The first-order valence-corrected chi connectivity index (χ1v) is 5.14. The zero-order valence-corrected chi connectivity index (χ0v) is 9.88. The second-order valence-electron chi connectivity index (χ2n) is 3.93. The molecule has 0 fully saturated rings. The van der Waals surface area contributed by atoms with E-state index >= 15 is 0 Å². The van der Waals surface area contributed by atoms with Gasteiger partial charge in [-0.05, 0) is 24.6 Å². The molecule has 0 saturated heterocycles. The van der Waals surface area contributed by atoms with Crippen molar-refractivity contribution in [1.29, 1.82) is 0 Å². The van der Waals surface area contributed by atoms with Gasteiger partial charge in [-0.2, -0.15) is 13.2 Å². The summed E-state index contributed by atoms with van der Waals surface area (Å²) in [5, 5.41) is 0. The summed E-state index contributed by atoms with van der Waals surface area (Å²) in [6.07, 6.45) is -4.36. The number of amides is 1. The van der Waals surface area contributed by atoms with Crippen LogP contribution in [0.4, 0.5) is 13.2 Å². The molecule has 0 bridgehead atoms. The van der Waals surface area contributed by atoms with Crippen molar-refractivity contribution in [1.82, 2.24) is 4.90 Å². The molecule has 0 heterocycles. The standard InChI is InChI=1S/C12H14F3NO/c1-8(16(3)9(2)17)10-5-4-6-11(7-10)12(13,14)15/h4-8H,1-3H3. The van der Waals surface area contributed by atoms with E-state index in [4.69, 9.17) is 0 Å². The summed E-state index contributed by atoms with van der Waals surface area (Å²) < 4.78 is 37.5. The summed E-state index contributed by atoms with van der Waals surface area (Å²) in [5.74, 6) is -0.185. The topological polar surface area (TPSA) is 20.3 Å². The van der Waals surface area contributed by atoms with Crippen molar-refractivity contribution >= 4 is 5.91 Å². The van der Waals surface area contributed by atoms with Crippen molar-refractivity contribution in [2.75, 3.05) is 7.05 Å². The highest BCUT2D eigenvalue weighted by molar-refractivity contribution is 5.73. The van der Waals surface area contributed by atoms with Gasteiger partial charge in [-0.3, -0.25) is 4.79 Å². The van der Waals surface area contributed by atoms with Crippen LogP contribution >= 0.6 is 0 Å². The average molecular weight is 245 g/mol. The molecule has 0 spiro atoms. The largest absolute Gasteiger partial charge is 0.416 e. The minimum absolute atomic E-state index is 0.185. The van der Waals surface area contributed by atoms with E-state index in [2.05, 4.69) is 0 Å². The molecule has 1 aromatic rings. The molecular weight excluding hydrogens is 231 g/mol. The van der Waals surface area contributed by atoms with E-state index in [1.165, 1.54) is 17.9 Å². The van der Waals surface area contributed by atoms with Gasteiger partial charge in [-0.15, -0.1) is 0 Å². The number of rotatable bonds is 2. The summed E-state index contributed by atoms with van der Waals surface area (Å²) >= 11 is 0. The van der Waals surface area contributed by atoms with Crippen molar-refractivity contribution in [3.63, 3.8) is 0 Å². The Morgan fingerprint density at radius 3 is 2.41 bits per heavy atom. The SMILES string of the molecule is CC(=O)N(C)C(C)c1cccc(C(F)(F)F)c1. The van der Waals surface area contributed by atoms with Crippen LogP contribution in [0.1, 0.15) is 31.0 Å². The summed E-state index contributed by atoms with van der Waals surface area (Å²) in [6.45, 7) is 3.07. The summed E-state index contributed by atoms with van der Waals surface area (Å²) in [4.78, 5) is 12.5. The molecule has 0 saturated carbocycles. The third-order valence-corrected chi connectivity index (χ3v) is 2.77. The summed E-state index contributed by atoms with van der Waals surface area (Å²) in [7, 11) is 1.56. The van der Waals surface area contributed by atoms with Gasteiger partial charge in [-0.1, -0.05) is 12.1 Å². The van der Waals surface area contributed by atoms with Crippen molar-refractivity contribution in [3.8, 4) is 0 Å². The van der Waals surface area contributed by atoms with E-state index in [1.54, 1.807) is 20.0 Å². The monoisotopic (exact) mass is 245 g/mol. The number of nitrogens with zero attached hydrogens (tertiary/aromatic N) is 1. The number of alkyl halides is 3. The molecule has 5 heteroatoms. The first-order valence-electron chi connectivity index (χ1n) is 5.14. The second kappa shape index (κ2) is 4.77. The Morgan fingerprint density at radius 1 is 1.35 bits per heavy atom. The zero-order chi connectivity index (χ0) is 13.2. The fraction of sp³-hybridized carbons (Fsp3) is 0.417. The van der Waals surface area contributed by atoms with Gasteiger partial charge in [0, 0.05) is 14.0 Å². The van der Waals surface area contributed by atoms with Crippen molar-refractivity contribution in [2.24, 2.45) is 0 Å². The predicted molar refractivity (Wildman–Crippen MR) is 58.3 cm³/mol. The molecule has 2 nitrogen and oxygen atoms in total. The Hall–Kier alpha value is -1.52. The molecular formula is C12H14F3NO. The van der Waals surface area contributed by atoms with E-state index < -0.39 is 11.7 Å². The van der Waals surface area contributed by atoms with Gasteiger partial charge < -0.3 is 4.90 Å². The Labute approximate surface area is 98.0 Å². The molecule has 0 N–H and O–H groups in total. The highest BCUT2D eigenvalue weighted by Crippen LogP contribution is 2.31. The van der Waals surface area contributed by atoms with Crippen molar-refractivity contribution < 1.29 is 18.0 Å². The first-order chi connectivity index (χ1) is 7.73. The van der Waals surface area contributed by atoms with Crippen LogP contribution in [0.5, 0.6) is 0 Å². The third kappa shape index (κ3) is 3.22. The maximum atomic E-state index is 12.5. The quantitative estimate of drug-likeness (QED) is 0.783. The molecule has 0 aliphatic carbocycles. The molecule has 0 radical (unpaired) electrons. The number of carbonyl (C=O) groups is 1. The third-order valence-electron chi connectivity index (χ3n) is 2.77. The lowest BCUT2D eigenvalue weighted by Crippen LogP contribution is -2.27. The van der Waals surface area contributed by atoms with Crippen molar-refractivity contribution in [3.05, 3.63) is 35.4 Å². The van der Waals surface area contributed by atoms with Crippen LogP contribution in [0.25, 0.3) is 0 Å². The zero-order valence-electron chi connectivity index (χ0n) is 9.88. The van der Waals surface area contributed by atoms with E-state index in [0.717, 1.165) is 12.1 Å². The lowest BCUT2D eigenvalue weighted by atomic mass is 10.0. The minimum atomic E-state index is -4.36. The minimum Gasteiger partial charge on any atom is -0.339 e. The number of hydrogen-bond acceptors (Lipinski definition) is 1. The van der Waals surface area contributed by atoms with Crippen LogP contribution in [0.2, 0.25) is 0 Å². The van der Waals surface area contributed by atoms with Crippen LogP contribution in [-0.2, 0) is 11.0 Å². The molecule has 17 heavy (non-hydrogen) atoms. The maximum Gasteiger partial charge on any atom is 0.416 e. The van der Waals surface area contributed by atoms with Gasteiger partial charge in [0.05, 0.1) is 11.6 Å². The molecule has 0 aliphatic heterocycles. The molecule has 1 amide bonds. The smallest absolute Gasteiger partial charge is 0.339 e. The van der Waals surface area contributed by atoms with Gasteiger partial charge in [0.2, 0.25) is 5.91 Å². The van der Waals surface area contributed by atoms with Gasteiger partial charge >= 0.3 is 6.18 Å². The van der Waals surface area contributed by atoms with Crippen LogP contribution in [0, 0.1) is 0 Å². The fourth-order valence-corrected chi connectivity index (χ4v) is 1.47. The van der Waals surface area contributed by atoms with Gasteiger partial charge in [-0.25, -0.2) is 0 Å². The molecule has 1 unspecified atom stereocenters. The van der Waals surface area contributed by atoms with E-state index in [1.807, 2.05) is 0 Å². The Morgan fingerprint density at radius 2 is 1.94 bits per heavy atom. The number of hydrogen-bond donors (Lipinski definition) is 0. The van der Waals surface area contributed by atoms with E-state index in [9.17, 15) is 18.0 Å². The highest BCUT2D eigenvalue weighted by Gasteiger charge is 2.31. The number of benzene rings is 1. The Bertz CT molecular complexity index is 414. The van der Waals surface area contributed by atoms with E-state index in [-0.39, 0.29) is 11.9 Å². The van der Waals surface area contributed by atoms with Crippen LogP contribution in [0.15, 0.2) is 24.3 Å². The fourth-order valence-electron chi connectivity index (χ4n) is 1.47. The van der Waals surface area contributed by atoms with Gasteiger partial charge in [0.15, 0.2) is 0 Å². The molecule has 1 atom stereocenters. The van der Waals surface area contributed by atoms with Crippen molar-refractivity contribution in [2.45, 2.75) is 26.1 Å². The summed E-state index contributed by atoms with van der Waals surface area (Å²) in [6, 6.07) is 4.64. The normalized spacial score (nSPS) is 13.3. The van der Waals surface area contributed by atoms with Crippen LogP contribution < -0.4 is 0 Å². The lowest BCUT2D eigenvalue weighted by molar-refractivity contribution is -0.137. The van der Waals surface area contributed by atoms with Crippen LogP contribution in [0.3, 0.4) is 0 Å². The lowest BCUT2D eigenvalue weighted by Gasteiger charge is -2.24. The maximum absolute atomic E-state index is 12.5. The average Bonchev–Trinajstić information content (AvgIpc) is 2.26. The number of halogens is 3. The molecule has 0 aliphatic rings. The van der Waals surface area contributed by atoms with Gasteiger partial charge in [0.25, 0.3) is 0 Å². The Kier molecular flexibility index (Phi) is 3.80. The number of carbonyl (C=O) groups excluding carboxylic acids is 1. The molecule has 94 valence electrons. The van der Waals surface area contributed by atoms with Gasteiger partial charge in [0.1, 0.15) is 0 Å². The van der Waals surface area contributed by atoms with E-state index in [0.29, 0.717) is 5.56 Å². The van der Waals surface area contributed by atoms with Crippen LogP contribution in [-0.4, -0.2) is 17.9 Å². The molecule has 1 rings (SSSR count). The molecule has 0 aromatic heterocycles. The predicted octanol–water partition coefficient (Wildman–Crippen LogP) is 3.24.